The molecular weight excluding hydrogens is 194 g/mol. The third kappa shape index (κ3) is 3.98. The lowest BCUT2D eigenvalue weighted by Crippen LogP contribution is -1.87. The van der Waals surface area contributed by atoms with E-state index in [0.717, 1.165) is 6.42 Å². The SMILES string of the molecule is C=C/C=C\C=C(/C)Cc1cccc(C#N)c1. The van der Waals surface area contributed by atoms with Gasteiger partial charge in [0.2, 0.25) is 0 Å². The molecule has 0 fully saturated rings. The van der Waals surface area contributed by atoms with Crippen molar-refractivity contribution >= 4 is 0 Å². The van der Waals surface area contributed by atoms with E-state index in [1.165, 1.54) is 11.1 Å². The van der Waals surface area contributed by atoms with Gasteiger partial charge >= 0.3 is 0 Å². The minimum Gasteiger partial charge on any atom is -0.192 e. The van der Waals surface area contributed by atoms with Crippen LogP contribution >= 0.6 is 0 Å². The van der Waals surface area contributed by atoms with Crippen molar-refractivity contribution in [1.82, 2.24) is 0 Å². The van der Waals surface area contributed by atoms with E-state index in [-0.39, 0.29) is 0 Å². The molecule has 0 saturated carbocycles. The Balaban J connectivity index is 2.73. The van der Waals surface area contributed by atoms with Crippen LogP contribution in [-0.4, -0.2) is 0 Å². The average Bonchev–Trinajstić information content (AvgIpc) is 2.29. The van der Waals surface area contributed by atoms with Gasteiger partial charge in [-0.3, -0.25) is 0 Å². The Hall–Kier alpha value is -2.07. The summed E-state index contributed by atoms with van der Waals surface area (Å²) in [6.07, 6.45) is 8.55. The van der Waals surface area contributed by atoms with Crippen LogP contribution < -0.4 is 0 Å². The van der Waals surface area contributed by atoms with Crippen molar-refractivity contribution in [2.45, 2.75) is 13.3 Å². The molecule has 0 aliphatic carbocycles. The smallest absolute Gasteiger partial charge is 0.0991 e. The standard InChI is InChI=1S/C15H15N/c1-3-4-5-7-13(2)10-14-8-6-9-15(11-14)12-16/h3-9,11H,1,10H2,2H3/b5-4-,13-7+. The molecule has 0 unspecified atom stereocenters. The van der Waals surface area contributed by atoms with Crippen LogP contribution in [0.4, 0.5) is 0 Å². The number of nitriles is 1. The summed E-state index contributed by atoms with van der Waals surface area (Å²) in [5.41, 5.74) is 3.14. The van der Waals surface area contributed by atoms with E-state index < -0.39 is 0 Å². The van der Waals surface area contributed by atoms with Gasteiger partial charge in [-0.2, -0.15) is 5.26 Å². The fourth-order valence-corrected chi connectivity index (χ4v) is 1.43. The summed E-state index contributed by atoms with van der Waals surface area (Å²) in [4.78, 5) is 0. The van der Waals surface area contributed by atoms with Crippen LogP contribution in [0.2, 0.25) is 0 Å². The second kappa shape index (κ2) is 6.42. The lowest BCUT2D eigenvalue weighted by atomic mass is 10.0. The maximum absolute atomic E-state index is 8.78. The second-order valence-electron chi connectivity index (χ2n) is 3.62. The fourth-order valence-electron chi connectivity index (χ4n) is 1.43. The highest BCUT2D eigenvalue weighted by Gasteiger charge is 1.95. The molecule has 0 saturated heterocycles. The molecule has 0 atom stereocenters. The van der Waals surface area contributed by atoms with Crippen molar-refractivity contribution in [2.24, 2.45) is 0 Å². The van der Waals surface area contributed by atoms with Crippen molar-refractivity contribution in [3.8, 4) is 6.07 Å². The third-order valence-corrected chi connectivity index (χ3v) is 2.17. The first kappa shape index (κ1) is 12.0. The Morgan fingerprint density at radius 3 is 2.94 bits per heavy atom. The summed E-state index contributed by atoms with van der Waals surface area (Å²) >= 11 is 0. The van der Waals surface area contributed by atoms with Gasteiger partial charge in [0, 0.05) is 0 Å². The zero-order valence-corrected chi connectivity index (χ0v) is 9.48. The van der Waals surface area contributed by atoms with Gasteiger partial charge in [-0.15, -0.1) is 0 Å². The minimum absolute atomic E-state index is 0.715. The number of benzene rings is 1. The predicted octanol–water partition coefficient (Wildman–Crippen LogP) is 3.79. The molecule has 1 heteroatoms. The van der Waals surface area contributed by atoms with Crippen LogP contribution in [-0.2, 0) is 6.42 Å². The van der Waals surface area contributed by atoms with Crippen LogP contribution in [0.3, 0.4) is 0 Å². The van der Waals surface area contributed by atoms with Crippen LogP contribution in [0.15, 0.2) is 60.7 Å². The quantitative estimate of drug-likeness (QED) is 0.692. The number of hydrogen-bond acceptors (Lipinski definition) is 1. The highest BCUT2D eigenvalue weighted by molar-refractivity contribution is 5.34. The normalized spacial score (nSPS) is 11.4. The van der Waals surface area contributed by atoms with Gasteiger partial charge in [-0.25, -0.2) is 0 Å². The van der Waals surface area contributed by atoms with Gasteiger partial charge in [0.15, 0.2) is 0 Å². The maximum Gasteiger partial charge on any atom is 0.0991 e. The van der Waals surface area contributed by atoms with E-state index in [0.29, 0.717) is 5.56 Å². The van der Waals surface area contributed by atoms with Crippen LogP contribution in [0.25, 0.3) is 0 Å². The van der Waals surface area contributed by atoms with Crippen molar-refractivity contribution in [2.75, 3.05) is 0 Å². The number of allylic oxidation sites excluding steroid dienone is 5. The maximum atomic E-state index is 8.78. The van der Waals surface area contributed by atoms with Gasteiger partial charge in [0.05, 0.1) is 11.6 Å². The summed E-state index contributed by atoms with van der Waals surface area (Å²) in [6, 6.07) is 9.85. The highest BCUT2D eigenvalue weighted by Crippen LogP contribution is 2.10. The lowest BCUT2D eigenvalue weighted by Gasteiger charge is -2.01. The molecule has 0 aliphatic heterocycles. The predicted molar refractivity (Wildman–Crippen MR) is 68.0 cm³/mol. The highest BCUT2D eigenvalue weighted by atomic mass is 14.2. The fraction of sp³-hybridized carbons (Fsp3) is 0.133. The topological polar surface area (TPSA) is 23.8 Å². The molecule has 0 heterocycles. The van der Waals surface area contributed by atoms with Crippen molar-refractivity contribution < 1.29 is 0 Å². The summed E-state index contributed by atoms with van der Waals surface area (Å²) < 4.78 is 0. The molecule has 0 amide bonds. The molecule has 0 N–H and O–H groups in total. The molecular formula is C15H15N. The molecule has 1 rings (SSSR count). The molecule has 1 aromatic rings. The van der Waals surface area contributed by atoms with Crippen LogP contribution in [0.5, 0.6) is 0 Å². The summed E-state index contributed by atoms with van der Waals surface area (Å²) in [7, 11) is 0. The van der Waals surface area contributed by atoms with Gasteiger partial charge < -0.3 is 0 Å². The second-order valence-corrected chi connectivity index (χ2v) is 3.62. The molecule has 0 radical (unpaired) electrons. The lowest BCUT2D eigenvalue weighted by molar-refractivity contribution is 1.14. The van der Waals surface area contributed by atoms with Gasteiger partial charge in [0.1, 0.15) is 0 Å². The Morgan fingerprint density at radius 1 is 1.44 bits per heavy atom. The Labute approximate surface area is 97.0 Å². The molecule has 1 aromatic carbocycles. The summed E-state index contributed by atoms with van der Waals surface area (Å²) in [6.45, 7) is 5.69. The molecule has 0 aromatic heterocycles. The van der Waals surface area contributed by atoms with Crippen LogP contribution in [0.1, 0.15) is 18.1 Å². The van der Waals surface area contributed by atoms with Crippen LogP contribution in [0, 0.1) is 11.3 Å². The molecule has 1 nitrogen and oxygen atoms in total. The van der Waals surface area contributed by atoms with Gasteiger partial charge in [0.25, 0.3) is 0 Å². The minimum atomic E-state index is 0.715. The molecule has 0 bridgehead atoms. The molecule has 80 valence electrons. The van der Waals surface area contributed by atoms with Crippen molar-refractivity contribution in [1.29, 1.82) is 5.26 Å². The zero-order chi connectivity index (χ0) is 11.8. The van der Waals surface area contributed by atoms with E-state index in [1.54, 1.807) is 6.08 Å². The van der Waals surface area contributed by atoms with E-state index in [1.807, 2.05) is 36.4 Å². The first-order chi connectivity index (χ1) is 7.76. The first-order valence-electron chi connectivity index (χ1n) is 5.20. The first-order valence-corrected chi connectivity index (χ1v) is 5.20. The van der Waals surface area contributed by atoms with E-state index in [9.17, 15) is 0 Å². The van der Waals surface area contributed by atoms with Crippen molar-refractivity contribution in [3.05, 3.63) is 71.8 Å². The molecule has 16 heavy (non-hydrogen) atoms. The summed E-state index contributed by atoms with van der Waals surface area (Å²) in [5.74, 6) is 0. The number of nitrogens with zero attached hydrogens (tertiary/aromatic N) is 1. The zero-order valence-electron chi connectivity index (χ0n) is 9.48. The summed E-state index contributed by atoms with van der Waals surface area (Å²) in [5, 5.41) is 8.78. The van der Waals surface area contributed by atoms with Crippen molar-refractivity contribution in [3.63, 3.8) is 0 Å². The largest absolute Gasteiger partial charge is 0.192 e. The molecule has 0 aliphatic rings. The molecule has 0 spiro atoms. The van der Waals surface area contributed by atoms with E-state index >= 15 is 0 Å². The van der Waals surface area contributed by atoms with E-state index in [2.05, 4.69) is 25.6 Å². The van der Waals surface area contributed by atoms with Gasteiger partial charge in [-0.1, -0.05) is 48.6 Å². The van der Waals surface area contributed by atoms with E-state index in [4.69, 9.17) is 5.26 Å². The number of hydrogen-bond donors (Lipinski definition) is 0. The average molecular weight is 209 g/mol. The Bertz CT molecular complexity index is 459. The Morgan fingerprint density at radius 2 is 2.25 bits per heavy atom. The van der Waals surface area contributed by atoms with Gasteiger partial charge in [-0.05, 0) is 31.0 Å². The third-order valence-electron chi connectivity index (χ3n) is 2.17. The number of rotatable bonds is 4. The Kier molecular flexibility index (Phi) is 4.82. The monoisotopic (exact) mass is 209 g/mol.